The molecule has 0 fully saturated rings. The highest BCUT2D eigenvalue weighted by molar-refractivity contribution is 5.59. The molecule has 1 heteroatoms. The van der Waals surface area contributed by atoms with Crippen LogP contribution in [0.2, 0.25) is 0 Å². The summed E-state index contributed by atoms with van der Waals surface area (Å²) in [5, 5.41) is 9.72. The summed E-state index contributed by atoms with van der Waals surface area (Å²) in [5.41, 5.74) is 2.38. The van der Waals surface area contributed by atoms with E-state index in [1.54, 1.807) is 6.07 Å². The molecule has 0 atom stereocenters. The zero-order valence-electron chi connectivity index (χ0n) is 11.1. The molecule has 1 nitrogen and oxygen atoms in total. The first-order chi connectivity index (χ1) is 8.27. The average molecular weight is 232 g/mol. The summed E-state index contributed by atoms with van der Waals surface area (Å²) in [6.45, 7) is 4.42. The molecule has 0 amide bonds. The highest BCUT2D eigenvalue weighted by atomic mass is 16.3. The van der Waals surface area contributed by atoms with E-state index in [1.165, 1.54) is 31.3 Å². The third kappa shape index (κ3) is 5.08. The van der Waals surface area contributed by atoms with Crippen molar-refractivity contribution in [2.24, 2.45) is 0 Å². The maximum absolute atomic E-state index is 9.72. The fraction of sp³-hybridized carbons (Fsp3) is 0.500. The van der Waals surface area contributed by atoms with E-state index in [-0.39, 0.29) is 0 Å². The summed E-state index contributed by atoms with van der Waals surface area (Å²) in [6, 6.07) is 7.54. The quantitative estimate of drug-likeness (QED) is 0.644. The molecule has 0 aromatic heterocycles. The van der Waals surface area contributed by atoms with Gasteiger partial charge in [0.1, 0.15) is 5.75 Å². The molecule has 94 valence electrons. The summed E-state index contributed by atoms with van der Waals surface area (Å²) in [7, 11) is 0. The number of phenolic OH excluding ortho intramolecular Hbond substituents is 1. The molecule has 0 saturated heterocycles. The monoisotopic (exact) mass is 232 g/mol. The minimum absolute atomic E-state index is 0.381. The van der Waals surface area contributed by atoms with Gasteiger partial charge in [-0.1, -0.05) is 63.0 Å². The molecule has 17 heavy (non-hydrogen) atoms. The molecule has 0 heterocycles. The number of hydrogen-bond acceptors (Lipinski definition) is 1. The Morgan fingerprint density at radius 3 is 2.53 bits per heavy atom. The van der Waals surface area contributed by atoms with Crippen LogP contribution in [0.1, 0.15) is 57.9 Å². The summed E-state index contributed by atoms with van der Waals surface area (Å²) >= 11 is 0. The molecule has 0 aliphatic heterocycles. The van der Waals surface area contributed by atoms with Gasteiger partial charge < -0.3 is 5.11 Å². The first-order valence-corrected chi connectivity index (χ1v) is 6.75. The third-order valence-corrected chi connectivity index (χ3v) is 3.10. The SMILES string of the molecule is CCCCCC/C(=C\c1ccccc1O)CC. The van der Waals surface area contributed by atoms with E-state index in [4.69, 9.17) is 0 Å². The second-order valence-corrected chi connectivity index (χ2v) is 4.53. The van der Waals surface area contributed by atoms with Gasteiger partial charge in [0.2, 0.25) is 0 Å². The van der Waals surface area contributed by atoms with Crippen molar-refractivity contribution in [2.45, 2.75) is 52.4 Å². The number of hydrogen-bond donors (Lipinski definition) is 1. The van der Waals surface area contributed by atoms with Crippen LogP contribution in [-0.4, -0.2) is 5.11 Å². The van der Waals surface area contributed by atoms with E-state index in [1.807, 2.05) is 18.2 Å². The Kier molecular flexibility index (Phi) is 6.46. The predicted octanol–water partition coefficient (Wildman–Crippen LogP) is 5.16. The number of unbranched alkanes of at least 4 members (excludes halogenated alkanes) is 3. The summed E-state index contributed by atoms with van der Waals surface area (Å²) in [5.74, 6) is 0.381. The topological polar surface area (TPSA) is 20.2 Å². The first-order valence-electron chi connectivity index (χ1n) is 6.75. The van der Waals surface area contributed by atoms with Gasteiger partial charge in [0.05, 0.1) is 0 Å². The Hall–Kier alpha value is -1.24. The van der Waals surface area contributed by atoms with Crippen LogP contribution < -0.4 is 0 Å². The van der Waals surface area contributed by atoms with Crippen molar-refractivity contribution in [1.29, 1.82) is 0 Å². The Morgan fingerprint density at radius 2 is 1.88 bits per heavy atom. The standard InChI is InChI=1S/C16H24O/c1-3-5-6-7-10-14(4-2)13-15-11-8-9-12-16(15)17/h8-9,11-13,17H,3-7,10H2,1-2H3/b14-13-. The van der Waals surface area contributed by atoms with Crippen LogP contribution in [0.4, 0.5) is 0 Å². The minimum atomic E-state index is 0.381. The maximum atomic E-state index is 9.72. The number of para-hydroxylation sites is 1. The summed E-state index contributed by atoms with van der Waals surface area (Å²) in [6.07, 6.45) is 9.56. The van der Waals surface area contributed by atoms with Gasteiger partial charge in [0, 0.05) is 5.56 Å². The van der Waals surface area contributed by atoms with Gasteiger partial charge in [-0.3, -0.25) is 0 Å². The van der Waals surface area contributed by atoms with Crippen LogP contribution in [0.15, 0.2) is 29.8 Å². The van der Waals surface area contributed by atoms with Crippen LogP contribution in [-0.2, 0) is 0 Å². The van der Waals surface area contributed by atoms with E-state index >= 15 is 0 Å². The van der Waals surface area contributed by atoms with Crippen molar-refractivity contribution >= 4 is 6.08 Å². The second-order valence-electron chi connectivity index (χ2n) is 4.53. The fourth-order valence-electron chi connectivity index (χ4n) is 1.96. The van der Waals surface area contributed by atoms with Gasteiger partial charge >= 0.3 is 0 Å². The average Bonchev–Trinajstić information content (AvgIpc) is 2.35. The van der Waals surface area contributed by atoms with Crippen LogP contribution in [0.25, 0.3) is 6.08 Å². The van der Waals surface area contributed by atoms with Crippen LogP contribution in [0, 0.1) is 0 Å². The molecular formula is C16H24O. The second kappa shape index (κ2) is 7.94. The van der Waals surface area contributed by atoms with Gasteiger partial charge in [-0.25, -0.2) is 0 Å². The lowest BCUT2D eigenvalue weighted by Crippen LogP contribution is -1.84. The molecule has 1 rings (SSSR count). The zero-order valence-corrected chi connectivity index (χ0v) is 11.1. The molecule has 0 bridgehead atoms. The van der Waals surface area contributed by atoms with Gasteiger partial charge in [0.15, 0.2) is 0 Å². The van der Waals surface area contributed by atoms with Crippen molar-refractivity contribution in [3.8, 4) is 5.75 Å². The summed E-state index contributed by atoms with van der Waals surface area (Å²) < 4.78 is 0. The van der Waals surface area contributed by atoms with Gasteiger partial charge in [-0.2, -0.15) is 0 Å². The van der Waals surface area contributed by atoms with Gasteiger partial charge in [0.25, 0.3) is 0 Å². The van der Waals surface area contributed by atoms with E-state index in [9.17, 15) is 5.11 Å². The highest BCUT2D eigenvalue weighted by Gasteiger charge is 1.99. The molecule has 1 aromatic rings. The van der Waals surface area contributed by atoms with E-state index in [0.717, 1.165) is 18.4 Å². The normalized spacial score (nSPS) is 11.8. The highest BCUT2D eigenvalue weighted by Crippen LogP contribution is 2.22. The maximum Gasteiger partial charge on any atom is 0.122 e. The zero-order chi connectivity index (χ0) is 12.5. The molecule has 0 unspecified atom stereocenters. The van der Waals surface area contributed by atoms with Gasteiger partial charge in [-0.15, -0.1) is 0 Å². The van der Waals surface area contributed by atoms with Crippen LogP contribution in [0.5, 0.6) is 5.75 Å². The Bertz CT molecular complexity index is 352. The van der Waals surface area contributed by atoms with Crippen molar-refractivity contribution in [3.05, 3.63) is 35.4 Å². The first kappa shape index (κ1) is 13.8. The lowest BCUT2D eigenvalue weighted by Gasteiger charge is -2.06. The molecule has 0 saturated carbocycles. The number of rotatable bonds is 7. The summed E-state index contributed by atoms with van der Waals surface area (Å²) in [4.78, 5) is 0. The molecule has 0 aliphatic rings. The van der Waals surface area contributed by atoms with Crippen molar-refractivity contribution in [1.82, 2.24) is 0 Å². The molecule has 0 radical (unpaired) electrons. The Balaban J connectivity index is 2.57. The van der Waals surface area contributed by atoms with Crippen LogP contribution >= 0.6 is 0 Å². The fourth-order valence-corrected chi connectivity index (χ4v) is 1.96. The molecule has 0 spiro atoms. The lowest BCUT2D eigenvalue weighted by molar-refractivity contribution is 0.474. The van der Waals surface area contributed by atoms with E-state index in [0.29, 0.717) is 5.75 Å². The van der Waals surface area contributed by atoms with Crippen molar-refractivity contribution in [2.75, 3.05) is 0 Å². The molecule has 0 aliphatic carbocycles. The van der Waals surface area contributed by atoms with E-state index < -0.39 is 0 Å². The third-order valence-electron chi connectivity index (χ3n) is 3.10. The Labute approximate surface area is 105 Å². The van der Waals surface area contributed by atoms with Gasteiger partial charge in [-0.05, 0) is 25.3 Å². The number of aromatic hydroxyl groups is 1. The van der Waals surface area contributed by atoms with E-state index in [2.05, 4.69) is 19.9 Å². The largest absolute Gasteiger partial charge is 0.507 e. The number of benzene rings is 1. The Morgan fingerprint density at radius 1 is 1.12 bits per heavy atom. The molecule has 1 aromatic carbocycles. The molecular weight excluding hydrogens is 208 g/mol. The lowest BCUT2D eigenvalue weighted by atomic mass is 10.0. The smallest absolute Gasteiger partial charge is 0.122 e. The minimum Gasteiger partial charge on any atom is -0.507 e. The van der Waals surface area contributed by atoms with Crippen LogP contribution in [0.3, 0.4) is 0 Å². The van der Waals surface area contributed by atoms with Crippen molar-refractivity contribution in [3.63, 3.8) is 0 Å². The predicted molar refractivity (Wildman–Crippen MR) is 75.1 cm³/mol. The number of phenols is 1. The molecule has 1 N–H and O–H groups in total. The number of allylic oxidation sites excluding steroid dienone is 1. The van der Waals surface area contributed by atoms with Crippen molar-refractivity contribution < 1.29 is 5.11 Å².